The molecule has 7 N–H and O–H groups in total. The van der Waals surface area contributed by atoms with Crippen LogP contribution in [-0.2, 0) is 4.74 Å². The molecular formula is C10H14N6O4. The number of hydrogen-bond donors (Lipinski definition) is 5. The third-order valence-electron chi connectivity index (χ3n) is 3.30. The number of aliphatic hydroxyl groups excluding tert-OH is 3. The van der Waals surface area contributed by atoms with E-state index < -0.39 is 31.1 Å². The molecule has 0 spiro atoms. The largest absolute Gasteiger partial charge is 0.394 e. The molecule has 0 radical (unpaired) electrons. The van der Waals surface area contributed by atoms with Gasteiger partial charge in [0.15, 0.2) is 23.2 Å². The van der Waals surface area contributed by atoms with Crippen molar-refractivity contribution in [2.24, 2.45) is 0 Å². The third-order valence-corrected chi connectivity index (χ3v) is 3.30. The Labute approximate surface area is 112 Å². The first-order chi connectivity index (χ1) is 9.54. The molecular weight excluding hydrogens is 268 g/mol. The Hall–Kier alpha value is -2.01. The van der Waals surface area contributed by atoms with Crippen LogP contribution in [0.5, 0.6) is 0 Å². The van der Waals surface area contributed by atoms with E-state index in [1.807, 2.05) is 0 Å². The fraction of sp³-hybridized carbons (Fsp3) is 0.500. The second kappa shape index (κ2) is 4.52. The van der Waals surface area contributed by atoms with Gasteiger partial charge < -0.3 is 31.5 Å². The maximum atomic E-state index is 10.0. The van der Waals surface area contributed by atoms with Gasteiger partial charge in [-0.15, -0.1) is 0 Å². The summed E-state index contributed by atoms with van der Waals surface area (Å²) in [5.74, 6) is 0.161. The number of rotatable bonds is 2. The topological polar surface area (TPSA) is 166 Å². The second-order valence-corrected chi connectivity index (χ2v) is 4.50. The molecule has 0 aliphatic carbocycles. The molecule has 0 amide bonds. The number of nitrogen functional groups attached to an aromatic ring is 2. The third kappa shape index (κ3) is 1.70. The van der Waals surface area contributed by atoms with Gasteiger partial charge in [0.1, 0.15) is 24.6 Å². The Morgan fingerprint density at radius 2 is 2.00 bits per heavy atom. The van der Waals surface area contributed by atoms with Gasteiger partial charge >= 0.3 is 0 Å². The zero-order valence-electron chi connectivity index (χ0n) is 10.3. The summed E-state index contributed by atoms with van der Waals surface area (Å²) in [5, 5.41) is 28.9. The Kier molecular flexibility index (Phi) is 2.94. The SMILES string of the molecule is Nc1ncnc2c1nc(N)n2[C@@H]1O[C@H](CO)[C@H](O)C1O. The van der Waals surface area contributed by atoms with Crippen molar-refractivity contribution in [1.82, 2.24) is 19.5 Å². The number of nitrogens with two attached hydrogens (primary N) is 2. The van der Waals surface area contributed by atoms with Gasteiger partial charge in [-0.05, 0) is 0 Å². The lowest BCUT2D eigenvalue weighted by Crippen LogP contribution is -2.33. The van der Waals surface area contributed by atoms with Gasteiger partial charge in [0.25, 0.3) is 0 Å². The fourth-order valence-electron chi connectivity index (χ4n) is 2.29. The minimum atomic E-state index is -1.27. The second-order valence-electron chi connectivity index (χ2n) is 4.50. The van der Waals surface area contributed by atoms with Crippen LogP contribution in [0.25, 0.3) is 11.2 Å². The average Bonchev–Trinajstić information content (AvgIpc) is 2.90. The van der Waals surface area contributed by atoms with Crippen molar-refractivity contribution in [2.45, 2.75) is 24.5 Å². The van der Waals surface area contributed by atoms with Gasteiger partial charge in [-0.1, -0.05) is 0 Å². The highest BCUT2D eigenvalue weighted by Gasteiger charge is 2.44. The number of aromatic nitrogens is 4. The molecule has 20 heavy (non-hydrogen) atoms. The van der Waals surface area contributed by atoms with E-state index in [4.69, 9.17) is 21.3 Å². The summed E-state index contributed by atoms with van der Waals surface area (Å²) in [6.07, 6.45) is -3.20. The molecule has 0 bridgehead atoms. The van der Waals surface area contributed by atoms with Crippen LogP contribution in [0.15, 0.2) is 6.33 Å². The van der Waals surface area contributed by atoms with Crippen LogP contribution in [0.4, 0.5) is 11.8 Å². The molecule has 10 nitrogen and oxygen atoms in total. The first-order valence-electron chi connectivity index (χ1n) is 5.91. The zero-order chi connectivity index (χ0) is 14.4. The summed E-state index contributed by atoms with van der Waals surface area (Å²) >= 11 is 0. The predicted octanol–water partition coefficient (Wildman–Crippen LogP) is -2.40. The van der Waals surface area contributed by atoms with Crippen molar-refractivity contribution < 1.29 is 20.1 Å². The van der Waals surface area contributed by atoms with Crippen molar-refractivity contribution in [2.75, 3.05) is 18.1 Å². The summed E-state index contributed by atoms with van der Waals surface area (Å²) in [5.41, 5.74) is 12.0. The van der Waals surface area contributed by atoms with E-state index in [0.717, 1.165) is 0 Å². The standard InChI is InChI=1S/C10H14N6O4/c11-7-4-8(14-2-13-7)16(10(12)15-4)9-6(19)5(18)3(1-17)20-9/h2-3,5-6,9,17-19H,1H2,(H2,12,15)(H2,11,13,14)/t3-,5+,6?,9-/m1/s1. The van der Waals surface area contributed by atoms with E-state index >= 15 is 0 Å². The molecule has 3 heterocycles. The zero-order valence-corrected chi connectivity index (χ0v) is 10.3. The highest BCUT2D eigenvalue weighted by molar-refractivity contribution is 5.83. The minimum absolute atomic E-state index is 0.0158. The molecule has 0 saturated carbocycles. The lowest BCUT2D eigenvalue weighted by Gasteiger charge is -2.17. The molecule has 0 aromatic carbocycles. The van der Waals surface area contributed by atoms with Gasteiger partial charge in [0.05, 0.1) is 6.61 Å². The first kappa shape index (κ1) is 13.0. The molecule has 4 atom stereocenters. The van der Waals surface area contributed by atoms with E-state index in [-0.39, 0.29) is 22.9 Å². The van der Waals surface area contributed by atoms with E-state index in [1.54, 1.807) is 0 Å². The average molecular weight is 282 g/mol. The van der Waals surface area contributed by atoms with E-state index in [9.17, 15) is 10.2 Å². The van der Waals surface area contributed by atoms with Gasteiger partial charge in [-0.3, -0.25) is 4.57 Å². The Balaban J connectivity index is 2.11. The van der Waals surface area contributed by atoms with Gasteiger partial charge in [-0.2, -0.15) is 0 Å². The Bertz CT molecular complexity index is 646. The molecule has 1 saturated heterocycles. The number of fused-ring (bicyclic) bond motifs is 1. The van der Waals surface area contributed by atoms with Crippen LogP contribution in [-0.4, -0.2) is 59.8 Å². The summed E-state index contributed by atoms with van der Waals surface area (Å²) in [6.45, 7) is -0.432. The number of aliphatic hydroxyl groups is 3. The maximum absolute atomic E-state index is 10.0. The van der Waals surface area contributed by atoms with Crippen molar-refractivity contribution >= 4 is 22.9 Å². The number of imidazole rings is 1. The maximum Gasteiger partial charge on any atom is 0.204 e. The fourth-order valence-corrected chi connectivity index (χ4v) is 2.29. The van der Waals surface area contributed by atoms with Crippen LogP contribution < -0.4 is 11.5 Å². The van der Waals surface area contributed by atoms with Crippen LogP contribution in [0.2, 0.25) is 0 Å². The summed E-state index contributed by atoms with van der Waals surface area (Å²) in [6, 6.07) is 0. The van der Waals surface area contributed by atoms with Gasteiger partial charge in [0, 0.05) is 0 Å². The molecule has 1 aliphatic rings. The van der Waals surface area contributed by atoms with E-state index in [1.165, 1.54) is 10.9 Å². The molecule has 2 aromatic heterocycles. The molecule has 2 aromatic rings. The quantitative estimate of drug-likeness (QED) is 0.403. The summed E-state index contributed by atoms with van der Waals surface area (Å²) in [7, 11) is 0. The normalized spacial score (nSPS) is 30.1. The number of anilines is 2. The monoisotopic (exact) mass is 282 g/mol. The lowest BCUT2D eigenvalue weighted by molar-refractivity contribution is -0.0500. The van der Waals surface area contributed by atoms with Crippen LogP contribution >= 0.6 is 0 Å². The van der Waals surface area contributed by atoms with Crippen molar-refractivity contribution in [1.29, 1.82) is 0 Å². The van der Waals surface area contributed by atoms with E-state index in [2.05, 4.69) is 15.0 Å². The molecule has 3 rings (SSSR count). The van der Waals surface area contributed by atoms with Gasteiger partial charge in [-0.25, -0.2) is 15.0 Å². The van der Waals surface area contributed by atoms with Gasteiger partial charge in [0.2, 0.25) is 5.95 Å². The Morgan fingerprint density at radius 3 is 2.65 bits per heavy atom. The van der Waals surface area contributed by atoms with Crippen LogP contribution in [0.3, 0.4) is 0 Å². The van der Waals surface area contributed by atoms with E-state index in [0.29, 0.717) is 0 Å². The molecule has 1 fully saturated rings. The molecule has 1 unspecified atom stereocenters. The number of nitrogens with zero attached hydrogens (tertiary/aromatic N) is 4. The van der Waals surface area contributed by atoms with Crippen molar-refractivity contribution in [3.05, 3.63) is 6.33 Å². The Morgan fingerprint density at radius 1 is 1.25 bits per heavy atom. The van der Waals surface area contributed by atoms with Crippen LogP contribution in [0, 0.1) is 0 Å². The smallest absolute Gasteiger partial charge is 0.204 e. The highest BCUT2D eigenvalue weighted by Crippen LogP contribution is 2.33. The highest BCUT2D eigenvalue weighted by atomic mass is 16.6. The number of hydrogen-bond acceptors (Lipinski definition) is 9. The lowest BCUT2D eigenvalue weighted by atomic mass is 10.1. The molecule has 10 heteroatoms. The molecule has 108 valence electrons. The first-order valence-corrected chi connectivity index (χ1v) is 5.91. The number of ether oxygens (including phenoxy) is 1. The van der Waals surface area contributed by atoms with Crippen molar-refractivity contribution in [3.8, 4) is 0 Å². The van der Waals surface area contributed by atoms with Crippen molar-refractivity contribution in [3.63, 3.8) is 0 Å². The predicted molar refractivity (Wildman–Crippen MR) is 67.2 cm³/mol. The minimum Gasteiger partial charge on any atom is -0.394 e. The molecule has 1 aliphatic heterocycles. The summed E-state index contributed by atoms with van der Waals surface area (Å²) < 4.78 is 6.72. The summed E-state index contributed by atoms with van der Waals surface area (Å²) in [4.78, 5) is 11.8. The van der Waals surface area contributed by atoms with Crippen LogP contribution in [0.1, 0.15) is 6.23 Å².